The van der Waals surface area contributed by atoms with Crippen LogP contribution in [0.1, 0.15) is 34.1 Å². The summed E-state index contributed by atoms with van der Waals surface area (Å²) in [6.45, 7) is 12.8. The molecule has 0 unspecified atom stereocenters. The molecular formula is C13H31IN4O. The standard InChI is InChI=1S/C13H30N4O.HI/c1-6-14-12(15-8-7-11-18-5)16-9-10-17-13(2,3)4;/h17H,6-11H2,1-5H3,(H2,14,15,16);1H. The number of rotatable bonds is 8. The van der Waals surface area contributed by atoms with Crippen LogP contribution in [0, 0.1) is 0 Å². The Morgan fingerprint density at radius 3 is 2.37 bits per heavy atom. The quantitative estimate of drug-likeness (QED) is 0.257. The summed E-state index contributed by atoms with van der Waals surface area (Å²) in [5.41, 5.74) is 0.162. The molecule has 6 heteroatoms. The molecule has 116 valence electrons. The second kappa shape index (κ2) is 12.9. The van der Waals surface area contributed by atoms with Crippen LogP contribution in [0.5, 0.6) is 0 Å². The lowest BCUT2D eigenvalue weighted by molar-refractivity contribution is 0.197. The molecule has 0 saturated heterocycles. The number of aliphatic imine (C=N–C) groups is 1. The second-order valence-corrected chi connectivity index (χ2v) is 5.21. The molecule has 0 aliphatic carbocycles. The fraction of sp³-hybridized carbons (Fsp3) is 0.923. The normalized spacial score (nSPS) is 11.9. The van der Waals surface area contributed by atoms with Gasteiger partial charge in [0, 0.05) is 45.4 Å². The summed E-state index contributed by atoms with van der Waals surface area (Å²) in [7, 11) is 1.71. The highest BCUT2D eigenvalue weighted by atomic mass is 127. The average Bonchev–Trinajstić information content (AvgIpc) is 2.28. The molecular weight excluding hydrogens is 355 g/mol. The van der Waals surface area contributed by atoms with E-state index < -0.39 is 0 Å². The van der Waals surface area contributed by atoms with Gasteiger partial charge in [-0.25, -0.2) is 0 Å². The Labute approximate surface area is 135 Å². The number of halogens is 1. The van der Waals surface area contributed by atoms with Crippen LogP contribution < -0.4 is 16.0 Å². The summed E-state index contributed by atoms with van der Waals surface area (Å²) in [6, 6.07) is 0. The molecule has 19 heavy (non-hydrogen) atoms. The van der Waals surface area contributed by atoms with Crippen molar-refractivity contribution in [1.29, 1.82) is 0 Å². The van der Waals surface area contributed by atoms with Crippen molar-refractivity contribution in [2.24, 2.45) is 4.99 Å². The third-order valence-corrected chi connectivity index (χ3v) is 2.19. The van der Waals surface area contributed by atoms with E-state index in [0.717, 1.165) is 45.2 Å². The van der Waals surface area contributed by atoms with Gasteiger partial charge in [0.1, 0.15) is 0 Å². The zero-order valence-electron chi connectivity index (χ0n) is 13.0. The number of nitrogens with one attached hydrogen (secondary N) is 3. The predicted molar refractivity (Wildman–Crippen MR) is 93.6 cm³/mol. The van der Waals surface area contributed by atoms with Crippen LogP contribution in [-0.2, 0) is 4.74 Å². The molecule has 0 bridgehead atoms. The van der Waals surface area contributed by atoms with E-state index in [-0.39, 0.29) is 29.5 Å². The van der Waals surface area contributed by atoms with Crippen LogP contribution in [0.3, 0.4) is 0 Å². The van der Waals surface area contributed by atoms with Gasteiger partial charge in [-0.15, -0.1) is 24.0 Å². The Morgan fingerprint density at radius 2 is 1.84 bits per heavy atom. The van der Waals surface area contributed by atoms with E-state index in [9.17, 15) is 0 Å². The lowest BCUT2D eigenvalue weighted by Gasteiger charge is -2.21. The van der Waals surface area contributed by atoms with Gasteiger partial charge in [-0.05, 0) is 34.1 Å². The van der Waals surface area contributed by atoms with Crippen molar-refractivity contribution in [3.8, 4) is 0 Å². The maximum Gasteiger partial charge on any atom is 0.191 e. The van der Waals surface area contributed by atoms with Crippen molar-refractivity contribution < 1.29 is 4.74 Å². The fourth-order valence-electron chi connectivity index (χ4n) is 1.36. The van der Waals surface area contributed by atoms with Crippen molar-refractivity contribution in [2.45, 2.75) is 39.7 Å². The van der Waals surface area contributed by atoms with Crippen LogP contribution >= 0.6 is 24.0 Å². The SMILES string of the molecule is CCNC(=NCCCOC)NCCNC(C)(C)C.I. The Balaban J connectivity index is 0. The summed E-state index contributed by atoms with van der Waals surface area (Å²) < 4.78 is 5.00. The minimum absolute atomic E-state index is 0. The van der Waals surface area contributed by atoms with Gasteiger partial charge >= 0.3 is 0 Å². The van der Waals surface area contributed by atoms with Gasteiger partial charge < -0.3 is 20.7 Å². The highest BCUT2D eigenvalue weighted by Gasteiger charge is 2.07. The minimum Gasteiger partial charge on any atom is -0.385 e. The smallest absolute Gasteiger partial charge is 0.191 e. The zero-order valence-corrected chi connectivity index (χ0v) is 15.3. The van der Waals surface area contributed by atoms with Gasteiger partial charge in [-0.2, -0.15) is 0 Å². The first-order valence-corrected chi connectivity index (χ1v) is 6.75. The summed E-state index contributed by atoms with van der Waals surface area (Å²) in [5.74, 6) is 0.879. The third-order valence-electron chi connectivity index (χ3n) is 2.19. The topological polar surface area (TPSA) is 57.7 Å². The highest BCUT2D eigenvalue weighted by molar-refractivity contribution is 14.0. The number of ether oxygens (including phenoxy) is 1. The maximum atomic E-state index is 5.00. The Morgan fingerprint density at radius 1 is 1.16 bits per heavy atom. The van der Waals surface area contributed by atoms with Crippen molar-refractivity contribution in [3.63, 3.8) is 0 Å². The minimum atomic E-state index is 0. The molecule has 0 aliphatic rings. The first kappa shape index (κ1) is 21.2. The monoisotopic (exact) mass is 386 g/mol. The van der Waals surface area contributed by atoms with E-state index in [1.54, 1.807) is 7.11 Å². The molecule has 0 amide bonds. The molecule has 0 fully saturated rings. The number of guanidine groups is 1. The van der Waals surface area contributed by atoms with Crippen LogP contribution in [-0.4, -0.2) is 51.4 Å². The maximum absolute atomic E-state index is 5.00. The molecule has 0 heterocycles. The molecule has 0 aromatic heterocycles. The number of hydrogen-bond donors (Lipinski definition) is 3. The Hall–Kier alpha value is -0.0800. The molecule has 0 aromatic rings. The number of nitrogens with zero attached hydrogens (tertiary/aromatic N) is 1. The molecule has 0 aliphatic heterocycles. The van der Waals surface area contributed by atoms with Gasteiger partial charge in [-0.1, -0.05) is 0 Å². The van der Waals surface area contributed by atoms with Gasteiger partial charge in [0.2, 0.25) is 0 Å². The summed E-state index contributed by atoms with van der Waals surface area (Å²) >= 11 is 0. The van der Waals surface area contributed by atoms with Gasteiger partial charge in [0.15, 0.2) is 5.96 Å². The first-order chi connectivity index (χ1) is 8.49. The lowest BCUT2D eigenvalue weighted by atomic mass is 10.1. The van der Waals surface area contributed by atoms with E-state index in [4.69, 9.17) is 4.74 Å². The molecule has 3 N–H and O–H groups in total. The molecule has 0 aromatic carbocycles. The fourth-order valence-corrected chi connectivity index (χ4v) is 1.36. The van der Waals surface area contributed by atoms with E-state index in [1.165, 1.54) is 0 Å². The van der Waals surface area contributed by atoms with Crippen molar-refractivity contribution in [1.82, 2.24) is 16.0 Å². The summed E-state index contributed by atoms with van der Waals surface area (Å²) in [6.07, 6.45) is 0.952. The number of hydrogen-bond acceptors (Lipinski definition) is 3. The van der Waals surface area contributed by atoms with Crippen molar-refractivity contribution in [3.05, 3.63) is 0 Å². The molecule has 0 radical (unpaired) electrons. The zero-order chi connectivity index (χ0) is 13.9. The van der Waals surface area contributed by atoms with Gasteiger partial charge in [-0.3, -0.25) is 4.99 Å². The van der Waals surface area contributed by atoms with Crippen LogP contribution in [0.2, 0.25) is 0 Å². The van der Waals surface area contributed by atoms with Crippen LogP contribution in [0.15, 0.2) is 4.99 Å². The average molecular weight is 386 g/mol. The highest BCUT2D eigenvalue weighted by Crippen LogP contribution is 1.96. The van der Waals surface area contributed by atoms with E-state index >= 15 is 0 Å². The van der Waals surface area contributed by atoms with Crippen LogP contribution in [0.25, 0.3) is 0 Å². The summed E-state index contributed by atoms with van der Waals surface area (Å²) in [4.78, 5) is 4.47. The first-order valence-electron chi connectivity index (χ1n) is 6.75. The van der Waals surface area contributed by atoms with E-state index in [2.05, 4.69) is 48.6 Å². The van der Waals surface area contributed by atoms with E-state index in [1.807, 2.05) is 0 Å². The Bertz CT molecular complexity index is 229. The molecule has 5 nitrogen and oxygen atoms in total. The number of methoxy groups -OCH3 is 1. The predicted octanol–water partition coefficient (Wildman–Crippen LogP) is 1.58. The molecule has 0 atom stereocenters. The van der Waals surface area contributed by atoms with Crippen molar-refractivity contribution in [2.75, 3.05) is 39.9 Å². The lowest BCUT2D eigenvalue weighted by Crippen LogP contribution is -2.44. The molecule has 0 rings (SSSR count). The molecule has 0 spiro atoms. The van der Waals surface area contributed by atoms with Gasteiger partial charge in [0.05, 0.1) is 0 Å². The third kappa shape index (κ3) is 15.9. The van der Waals surface area contributed by atoms with Crippen LogP contribution in [0.4, 0.5) is 0 Å². The molecule has 0 saturated carbocycles. The second-order valence-electron chi connectivity index (χ2n) is 5.21. The van der Waals surface area contributed by atoms with Gasteiger partial charge in [0.25, 0.3) is 0 Å². The van der Waals surface area contributed by atoms with E-state index in [0.29, 0.717) is 0 Å². The summed E-state index contributed by atoms with van der Waals surface area (Å²) in [5, 5.41) is 9.96. The largest absolute Gasteiger partial charge is 0.385 e. The van der Waals surface area contributed by atoms with Crippen molar-refractivity contribution >= 4 is 29.9 Å². The Kier molecular flexibility index (Phi) is 14.4.